The van der Waals surface area contributed by atoms with Gasteiger partial charge in [0.2, 0.25) is 0 Å². The van der Waals surface area contributed by atoms with Crippen molar-refractivity contribution in [2.75, 3.05) is 0 Å². The highest BCUT2D eigenvalue weighted by atomic mass is 32.1. The molecular formula is C47H30N4S. The highest BCUT2D eigenvalue weighted by molar-refractivity contribution is 7.26. The molecule has 0 aliphatic heterocycles. The predicted molar refractivity (Wildman–Crippen MR) is 217 cm³/mol. The molecule has 3 aromatic heterocycles. The molecule has 0 atom stereocenters. The van der Waals surface area contributed by atoms with Crippen LogP contribution in [0.15, 0.2) is 182 Å². The number of imidazole rings is 1. The summed E-state index contributed by atoms with van der Waals surface area (Å²) in [6, 6.07) is 63.6. The second-order valence-corrected chi connectivity index (χ2v) is 13.9. The first-order valence-electron chi connectivity index (χ1n) is 17.4. The number of rotatable bonds is 6. The van der Waals surface area contributed by atoms with Gasteiger partial charge in [-0.05, 0) is 59.7 Å². The molecule has 3 heterocycles. The lowest BCUT2D eigenvalue weighted by Crippen LogP contribution is -1.97. The molecule has 10 aromatic rings. The van der Waals surface area contributed by atoms with Gasteiger partial charge in [0.05, 0.1) is 22.4 Å². The van der Waals surface area contributed by atoms with Gasteiger partial charge in [-0.1, -0.05) is 133 Å². The van der Waals surface area contributed by atoms with E-state index in [9.17, 15) is 0 Å². The summed E-state index contributed by atoms with van der Waals surface area (Å²) in [6.45, 7) is 0. The standard InChI is InChI=1S/C47H30N4S/c1-4-15-31(16-5-1)33-19-12-20-34(29-33)40-30-41(49-46(48-40)32-17-6-2-7-18-32)36-23-14-28-43-44(36)37-24-13-25-38(45(37)52-43)47-50-39-26-10-11-27-42(39)51(47)35-21-8-3-9-22-35/h1-30H. The van der Waals surface area contributed by atoms with Crippen LogP contribution in [0.3, 0.4) is 0 Å². The van der Waals surface area contributed by atoms with E-state index in [1.165, 1.54) is 25.7 Å². The minimum absolute atomic E-state index is 0.701. The average molecular weight is 683 g/mol. The zero-order valence-corrected chi connectivity index (χ0v) is 28.8. The van der Waals surface area contributed by atoms with Crippen molar-refractivity contribution < 1.29 is 0 Å². The normalized spacial score (nSPS) is 11.5. The van der Waals surface area contributed by atoms with Crippen molar-refractivity contribution in [3.05, 3.63) is 182 Å². The highest BCUT2D eigenvalue weighted by Crippen LogP contribution is 2.45. The third-order valence-electron chi connectivity index (χ3n) is 9.64. The molecule has 7 aromatic carbocycles. The van der Waals surface area contributed by atoms with Crippen molar-refractivity contribution in [1.29, 1.82) is 0 Å². The first-order chi connectivity index (χ1) is 25.8. The molecule has 0 amide bonds. The molecule has 0 N–H and O–H groups in total. The number of hydrogen-bond donors (Lipinski definition) is 0. The zero-order chi connectivity index (χ0) is 34.4. The summed E-state index contributed by atoms with van der Waals surface area (Å²) in [4.78, 5) is 15.6. The molecule has 4 nitrogen and oxygen atoms in total. The highest BCUT2D eigenvalue weighted by Gasteiger charge is 2.21. The largest absolute Gasteiger partial charge is 0.292 e. The van der Waals surface area contributed by atoms with Crippen LogP contribution in [0.4, 0.5) is 0 Å². The summed E-state index contributed by atoms with van der Waals surface area (Å²) in [5, 5.41) is 2.38. The maximum atomic E-state index is 5.26. The monoisotopic (exact) mass is 682 g/mol. The van der Waals surface area contributed by atoms with Crippen LogP contribution in [0.1, 0.15) is 0 Å². The third kappa shape index (κ3) is 5.18. The van der Waals surface area contributed by atoms with Crippen molar-refractivity contribution in [3.8, 4) is 62.1 Å². The van der Waals surface area contributed by atoms with Crippen LogP contribution in [0, 0.1) is 0 Å². The number of aromatic nitrogens is 4. The fourth-order valence-electron chi connectivity index (χ4n) is 7.22. The maximum Gasteiger partial charge on any atom is 0.160 e. The Morgan fingerprint density at radius 3 is 1.90 bits per heavy atom. The molecule has 10 rings (SSSR count). The number of benzene rings is 7. The summed E-state index contributed by atoms with van der Waals surface area (Å²) in [5.74, 6) is 1.63. The van der Waals surface area contributed by atoms with Crippen LogP contribution >= 0.6 is 11.3 Å². The molecule has 0 fully saturated rings. The summed E-state index contributed by atoms with van der Waals surface area (Å²) in [5.41, 5.74) is 11.5. The number of para-hydroxylation sites is 3. The Bertz CT molecular complexity index is 2890. The molecule has 0 saturated carbocycles. The number of hydrogen-bond acceptors (Lipinski definition) is 4. The summed E-state index contributed by atoms with van der Waals surface area (Å²) in [6.07, 6.45) is 0. The smallest absolute Gasteiger partial charge is 0.160 e. The minimum Gasteiger partial charge on any atom is -0.292 e. The van der Waals surface area contributed by atoms with E-state index in [0.29, 0.717) is 5.82 Å². The van der Waals surface area contributed by atoms with Crippen LogP contribution in [0.2, 0.25) is 0 Å². The topological polar surface area (TPSA) is 43.6 Å². The first-order valence-corrected chi connectivity index (χ1v) is 18.2. The van der Waals surface area contributed by atoms with Gasteiger partial charge >= 0.3 is 0 Å². The second kappa shape index (κ2) is 12.6. The van der Waals surface area contributed by atoms with E-state index < -0.39 is 0 Å². The third-order valence-corrected chi connectivity index (χ3v) is 10.8. The number of fused-ring (bicyclic) bond motifs is 4. The van der Waals surface area contributed by atoms with Gasteiger partial charge in [-0.2, -0.15) is 0 Å². The van der Waals surface area contributed by atoms with Crippen LogP contribution < -0.4 is 0 Å². The Labute approximate surface area is 305 Å². The Morgan fingerprint density at radius 2 is 1.08 bits per heavy atom. The van der Waals surface area contributed by atoms with Crippen molar-refractivity contribution in [2.45, 2.75) is 0 Å². The molecule has 0 aliphatic carbocycles. The van der Waals surface area contributed by atoms with E-state index in [0.717, 1.165) is 61.8 Å². The number of nitrogens with zero attached hydrogens (tertiary/aromatic N) is 4. The molecule has 0 bridgehead atoms. The SMILES string of the molecule is c1ccc(-c2cccc(-c3cc(-c4cccc5sc6c(-c7nc8ccccc8n7-c7ccccc7)cccc6c45)nc(-c4ccccc4)n3)c2)cc1. The Morgan fingerprint density at radius 1 is 0.442 bits per heavy atom. The molecule has 0 radical (unpaired) electrons. The van der Waals surface area contributed by atoms with Crippen LogP contribution in [0.5, 0.6) is 0 Å². The summed E-state index contributed by atoms with van der Waals surface area (Å²) in [7, 11) is 0. The lowest BCUT2D eigenvalue weighted by molar-refractivity contribution is 1.11. The molecule has 244 valence electrons. The quantitative estimate of drug-likeness (QED) is 0.175. The molecule has 52 heavy (non-hydrogen) atoms. The maximum absolute atomic E-state index is 5.26. The molecule has 0 saturated heterocycles. The van der Waals surface area contributed by atoms with Gasteiger partial charge in [0.1, 0.15) is 5.82 Å². The fraction of sp³-hybridized carbons (Fsp3) is 0. The van der Waals surface area contributed by atoms with Crippen molar-refractivity contribution in [3.63, 3.8) is 0 Å². The summed E-state index contributed by atoms with van der Waals surface area (Å²) >= 11 is 1.81. The van der Waals surface area contributed by atoms with Gasteiger partial charge in [-0.15, -0.1) is 11.3 Å². The van der Waals surface area contributed by atoms with Gasteiger partial charge in [0.25, 0.3) is 0 Å². The molecule has 0 unspecified atom stereocenters. The van der Waals surface area contributed by atoms with E-state index in [1.807, 2.05) is 35.6 Å². The van der Waals surface area contributed by atoms with E-state index in [1.54, 1.807) is 0 Å². The predicted octanol–water partition coefficient (Wildman–Crippen LogP) is 12.5. The van der Waals surface area contributed by atoms with E-state index in [2.05, 4.69) is 162 Å². The zero-order valence-electron chi connectivity index (χ0n) is 28.0. The molecule has 0 aliphatic rings. The second-order valence-electron chi connectivity index (χ2n) is 12.8. The lowest BCUT2D eigenvalue weighted by atomic mass is 9.99. The lowest BCUT2D eigenvalue weighted by Gasteiger charge is -2.12. The van der Waals surface area contributed by atoms with Gasteiger partial charge in [-0.3, -0.25) is 4.57 Å². The van der Waals surface area contributed by atoms with Crippen LogP contribution in [-0.2, 0) is 0 Å². The number of thiophene rings is 1. The molecule has 5 heteroatoms. The average Bonchev–Trinajstić information content (AvgIpc) is 3.81. The van der Waals surface area contributed by atoms with E-state index in [4.69, 9.17) is 15.0 Å². The Balaban J connectivity index is 1.19. The van der Waals surface area contributed by atoms with Gasteiger partial charge in [0, 0.05) is 48.1 Å². The molecule has 0 spiro atoms. The minimum atomic E-state index is 0.701. The Hall–Kier alpha value is -6.69. The van der Waals surface area contributed by atoms with E-state index >= 15 is 0 Å². The van der Waals surface area contributed by atoms with E-state index in [-0.39, 0.29) is 0 Å². The Kier molecular flexibility index (Phi) is 7.29. The van der Waals surface area contributed by atoms with Gasteiger partial charge in [0.15, 0.2) is 5.82 Å². The van der Waals surface area contributed by atoms with Gasteiger partial charge < -0.3 is 0 Å². The van der Waals surface area contributed by atoms with Gasteiger partial charge in [-0.25, -0.2) is 15.0 Å². The summed E-state index contributed by atoms with van der Waals surface area (Å²) < 4.78 is 4.68. The fourth-order valence-corrected chi connectivity index (χ4v) is 8.46. The van der Waals surface area contributed by atoms with Crippen LogP contribution in [-0.4, -0.2) is 19.5 Å². The first kappa shape index (κ1) is 30.2. The van der Waals surface area contributed by atoms with Crippen molar-refractivity contribution >= 4 is 42.5 Å². The van der Waals surface area contributed by atoms with Crippen molar-refractivity contribution in [2.24, 2.45) is 0 Å². The van der Waals surface area contributed by atoms with Crippen LogP contribution in [0.25, 0.3) is 93.3 Å². The van der Waals surface area contributed by atoms with Crippen molar-refractivity contribution in [1.82, 2.24) is 19.5 Å². The molecular weight excluding hydrogens is 653 g/mol.